The molecule has 2 aromatic carbocycles. The maximum absolute atomic E-state index is 13.7. The van der Waals surface area contributed by atoms with Crippen LogP contribution in [0.25, 0.3) is 0 Å². The summed E-state index contributed by atoms with van der Waals surface area (Å²) in [6.07, 6.45) is -12.3. The fourth-order valence-corrected chi connectivity index (χ4v) is 8.11. The van der Waals surface area contributed by atoms with Crippen LogP contribution in [-0.4, -0.2) is 119 Å². The van der Waals surface area contributed by atoms with Crippen molar-refractivity contribution in [3.8, 4) is 0 Å². The number of hydrogen-bond donors (Lipinski definition) is 10. The molecule has 352 valence electrons. The van der Waals surface area contributed by atoms with Gasteiger partial charge in [0.15, 0.2) is 6.29 Å². The standard InChI is InChI=1S/C39H58F6N5O11P/c1-3-4-5-6-7-8-9-10-17-62(57,58)50-33-30(21-51)59-23-29(49-37(56)48-28-16-12-14-26(19-28)39(43,44)45)35(33)61-32(60-31(22-52)34(54)24(2)53)20-46-36(55)47-27-15-11-13-25(18-27)38(40,41)42/h11-16,18-19,24,29-35,51-54H,3-10,17,20-23H2,1-2H3,(H2,46,47,55)(H2,48,49,56)(H2,50,57,58)/t24?,29?,30?,31?,32-,33-,34-,35?/m0/s1. The van der Waals surface area contributed by atoms with Gasteiger partial charge in [0.25, 0.3) is 7.52 Å². The van der Waals surface area contributed by atoms with Crippen LogP contribution in [0.3, 0.4) is 0 Å². The van der Waals surface area contributed by atoms with E-state index in [1.165, 1.54) is 19.1 Å². The number of urea groups is 2. The highest BCUT2D eigenvalue weighted by Gasteiger charge is 2.46. The number of halogens is 6. The number of rotatable bonds is 24. The first kappa shape index (κ1) is 52.8. The van der Waals surface area contributed by atoms with Crippen molar-refractivity contribution in [2.45, 2.75) is 126 Å². The number of amides is 4. The van der Waals surface area contributed by atoms with Crippen LogP contribution >= 0.6 is 7.52 Å². The molecule has 1 fully saturated rings. The smallest absolute Gasteiger partial charge is 0.394 e. The number of unbranched alkanes of at least 4 members (excludes halogenated alkanes) is 7. The van der Waals surface area contributed by atoms with Gasteiger partial charge in [-0.15, -0.1) is 0 Å². The molecular weight excluding hydrogens is 859 g/mol. The van der Waals surface area contributed by atoms with E-state index in [4.69, 9.17) is 14.2 Å². The Kier molecular flexibility index (Phi) is 21.3. The molecule has 1 aliphatic rings. The van der Waals surface area contributed by atoms with Gasteiger partial charge in [-0.3, -0.25) is 4.57 Å². The predicted molar refractivity (Wildman–Crippen MR) is 215 cm³/mol. The molecule has 10 N–H and O–H groups in total. The third-order valence-electron chi connectivity index (χ3n) is 9.82. The Bertz CT molecular complexity index is 1730. The number of carbonyl (C=O) groups excluding carboxylic acids is 2. The van der Waals surface area contributed by atoms with E-state index < -0.39 is 118 Å². The molecule has 16 nitrogen and oxygen atoms in total. The van der Waals surface area contributed by atoms with Crippen LogP contribution in [0.1, 0.15) is 76.3 Å². The molecule has 0 bridgehead atoms. The molecule has 23 heteroatoms. The highest BCUT2D eigenvalue weighted by Crippen LogP contribution is 2.40. The van der Waals surface area contributed by atoms with Crippen molar-refractivity contribution in [2.75, 3.05) is 43.2 Å². The van der Waals surface area contributed by atoms with E-state index >= 15 is 0 Å². The van der Waals surface area contributed by atoms with Crippen LogP contribution in [-0.2, 0) is 31.1 Å². The quantitative estimate of drug-likeness (QED) is 0.0270. The molecule has 4 amide bonds. The molecule has 0 saturated carbocycles. The molecule has 6 unspecified atom stereocenters. The largest absolute Gasteiger partial charge is 0.416 e. The van der Waals surface area contributed by atoms with Gasteiger partial charge in [-0.05, 0) is 49.7 Å². The summed E-state index contributed by atoms with van der Waals surface area (Å²) in [5, 5.41) is 53.0. The zero-order valence-electron chi connectivity index (χ0n) is 34.3. The fraction of sp³-hybridized carbons (Fsp3) is 0.641. The van der Waals surface area contributed by atoms with Crippen LogP contribution < -0.4 is 26.4 Å². The first-order chi connectivity index (χ1) is 29.2. The fourth-order valence-electron chi connectivity index (χ4n) is 6.55. The number of nitrogens with one attached hydrogen (secondary N) is 5. The van der Waals surface area contributed by atoms with Crippen LogP contribution in [0.2, 0.25) is 0 Å². The summed E-state index contributed by atoms with van der Waals surface area (Å²) in [5.41, 5.74) is -2.66. The second kappa shape index (κ2) is 25.1. The van der Waals surface area contributed by atoms with E-state index in [9.17, 15) is 65.8 Å². The maximum Gasteiger partial charge on any atom is 0.416 e. The molecule has 0 radical (unpaired) electrons. The summed E-state index contributed by atoms with van der Waals surface area (Å²) in [4.78, 5) is 37.5. The average molecular weight is 918 g/mol. The number of anilines is 2. The van der Waals surface area contributed by atoms with Gasteiger partial charge in [0, 0.05) is 17.5 Å². The van der Waals surface area contributed by atoms with E-state index in [1.807, 2.05) is 0 Å². The minimum atomic E-state index is -4.74. The van der Waals surface area contributed by atoms with Crippen molar-refractivity contribution in [1.82, 2.24) is 15.7 Å². The zero-order valence-corrected chi connectivity index (χ0v) is 35.2. The van der Waals surface area contributed by atoms with Crippen molar-refractivity contribution >= 4 is 31.0 Å². The Hall–Kier alpha value is -3.57. The Morgan fingerprint density at radius 1 is 0.871 bits per heavy atom. The first-order valence-corrected chi connectivity index (χ1v) is 22.1. The van der Waals surface area contributed by atoms with Gasteiger partial charge in [0.1, 0.15) is 18.3 Å². The van der Waals surface area contributed by atoms with Crippen LogP contribution in [0.5, 0.6) is 0 Å². The molecule has 9 atom stereocenters. The summed E-state index contributed by atoms with van der Waals surface area (Å²) >= 11 is 0. The Balaban J connectivity index is 1.94. The lowest BCUT2D eigenvalue weighted by atomic mass is 9.96. The number of carbonyl (C=O) groups is 2. The van der Waals surface area contributed by atoms with Crippen molar-refractivity contribution in [1.29, 1.82) is 0 Å². The Labute approximate surface area is 355 Å². The zero-order chi connectivity index (χ0) is 46.1. The van der Waals surface area contributed by atoms with Crippen molar-refractivity contribution in [3.63, 3.8) is 0 Å². The monoisotopic (exact) mass is 917 g/mol. The lowest BCUT2D eigenvalue weighted by Gasteiger charge is -2.44. The van der Waals surface area contributed by atoms with Gasteiger partial charge >= 0.3 is 24.4 Å². The van der Waals surface area contributed by atoms with Gasteiger partial charge in [0.05, 0.1) is 61.8 Å². The molecule has 1 aliphatic heterocycles. The van der Waals surface area contributed by atoms with Gasteiger partial charge in [0.2, 0.25) is 0 Å². The summed E-state index contributed by atoms with van der Waals surface area (Å²) < 4.78 is 112. The molecule has 0 aromatic heterocycles. The lowest BCUT2D eigenvalue weighted by Crippen LogP contribution is -2.66. The average Bonchev–Trinajstić information content (AvgIpc) is 3.20. The van der Waals surface area contributed by atoms with Gasteiger partial charge < -0.3 is 60.8 Å². The highest BCUT2D eigenvalue weighted by molar-refractivity contribution is 7.55. The van der Waals surface area contributed by atoms with E-state index in [0.29, 0.717) is 25.0 Å². The second-order valence-corrected chi connectivity index (χ2v) is 17.0. The number of aliphatic hydroxyl groups is 4. The number of alkyl halides is 6. The van der Waals surface area contributed by atoms with Gasteiger partial charge in [-0.25, -0.2) is 14.7 Å². The van der Waals surface area contributed by atoms with E-state index in [0.717, 1.165) is 62.8 Å². The minimum Gasteiger partial charge on any atom is -0.394 e. The SMILES string of the molecule is CCCCCCCCCCP(=O)(O)N[C@H]1C(CO)OCC(NC(=O)Nc2cccc(C(F)(F)F)c2)C1O[C@@H](CNC(=O)Nc1cccc(C(F)(F)F)c1)OC(CO)[C@@H](O)C(C)O. The number of hydrogen-bond acceptors (Lipinski definition) is 10. The van der Waals surface area contributed by atoms with Crippen LogP contribution in [0, 0.1) is 0 Å². The summed E-state index contributed by atoms with van der Waals surface area (Å²) in [7, 11) is -4.31. The summed E-state index contributed by atoms with van der Waals surface area (Å²) in [6, 6.07) is 2.35. The molecule has 1 heterocycles. The molecule has 3 rings (SSSR count). The van der Waals surface area contributed by atoms with Crippen molar-refractivity contribution in [2.24, 2.45) is 0 Å². The number of aliphatic hydroxyl groups excluding tert-OH is 4. The molecule has 62 heavy (non-hydrogen) atoms. The molecule has 0 aliphatic carbocycles. The third kappa shape index (κ3) is 17.9. The predicted octanol–water partition coefficient (Wildman–Crippen LogP) is 5.54. The van der Waals surface area contributed by atoms with E-state index in [2.05, 4.69) is 33.3 Å². The van der Waals surface area contributed by atoms with Crippen molar-refractivity contribution < 1.29 is 80.0 Å². The Morgan fingerprint density at radius 3 is 1.94 bits per heavy atom. The number of ether oxygens (including phenoxy) is 3. The first-order valence-electron chi connectivity index (χ1n) is 20.2. The highest BCUT2D eigenvalue weighted by atomic mass is 31.2. The lowest BCUT2D eigenvalue weighted by molar-refractivity contribution is -0.244. The second-order valence-electron chi connectivity index (χ2n) is 14.9. The van der Waals surface area contributed by atoms with E-state index in [-0.39, 0.29) is 17.5 Å². The molecular formula is C39H58F6N5O11P. The van der Waals surface area contributed by atoms with Crippen LogP contribution in [0.4, 0.5) is 47.3 Å². The van der Waals surface area contributed by atoms with E-state index in [1.54, 1.807) is 0 Å². The summed E-state index contributed by atoms with van der Waals surface area (Å²) in [5.74, 6) is 0. The molecule has 0 spiro atoms. The van der Waals surface area contributed by atoms with Crippen LogP contribution in [0.15, 0.2) is 48.5 Å². The Morgan fingerprint density at radius 2 is 1.42 bits per heavy atom. The molecule has 2 aromatic rings. The summed E-state index contributed by atoms with van der Waals surface area (Å²) in [6.45, 7) is 0.349. The van der Waals surface area contributed by atoms with Gasteiger partial charge in [-0.1, -0.05) is 64.0 Å². The van der Waals surface area contributed by atoms with Gasteiger partial charge in [-0.2, -0.15) is 26.3 Å². The number of benzene rings is 2. The topological polar surface area (TPSA) is 240 Å². The minimum absolute atomic E-state index is 0.234. The van der Waals surface area contributed by atoms with Crippen molar-refractivity contribution in [3.05, 3.63) is 59.7 Å². The third-order valence-corrected chi connectivity index (χ3v) is 11.4. The maximum atomic E-state index is 13.7. The normalized spacial score (nSPS) is 21.2. The molecule has 1 saturated heterocycles.